The minimum absolute atomic E-state index is 0.115. The number of urea groups is 1. The molecule has 4 rings (SSSR count). The molecule has 2 heterocycles. The van der Waals surface area contributed by atoms with Gasteiger partial charge in [0.05, 0.1) is 31.5 Å². The number of methoxy groups -OCH3 is 1. The molecule has 1 aliphatic rings. The largest absolute Gasteiger partial charge is 0.490 e. The average molecular weight is 590 g/mol. The monoisotopic (exact) mass is 589 g/mol. The molecule has 11 heteroatoms. The van der Waals surface area contributed by atoms with Crippen LogP contribution in [0.25, 0.3) is 5.69 Å². The summed E-state index contributed by atoms with van der Waals surface area (Å²) in [6, 6.07) is 14.4. The number of carbonyl (C=O) groups excluding carboxylic acids is 2. The number of nitrogens with one attached hydrogen (secondary N) is 3. The predicted octanol–water partition coefficient (Wildman–Crippen LogP) is 4.18. The van der Waals surface area contributed by atoms with E-state index in [0.717, 1.165) is 29.1 Å². The molecule has 0 saturated carbocycles. The maximum Gasteiger partial charge on any atom is 0.337 e. The first kappa shape index (κ1) is 31.2. The van der Waals surface area contributed by atoms with Crippen LogP contribution in [0.2, 0.25) is 0 Å². The number of hydrazone groups is 1. The number of allylic oxidation sites excluding steroid dienone is 1. The summed E-state index contributed by atoms with van der Waals surface area (Å²) in [7, 11) is 1.28. The summed E-state index contributed by atoms with van der Waals surface area (Å²) in [6.07, 6.45) is 1.56. The first-order valence-corrected chi connectivity index (χ1v) is 14.2. The standard InChI is InChI=1S/C32H39N5O6/c1-7-22-9-12-25(13-10-22)37-19(3)15-24(21(37)5)17-33-36-28(38)18-43-26-14-11-23(16-27(26)42-8-2)30-29(31(39)41-6)20(4)34-32(40)35-30/h9-17,28,30,36,38H,7-8,18H2,1-6H3,(H2,34,35,40)/b33-17-/t28-,30-/m0/s1. The zero-order valence-electron chi connectivity index (χ0n) is 25.4. The van der Waals surface area contributed by atoms with Crippen LogP contribution in [0.4, 0.5) is 4.79 Å². The second-order valence-electron chi connectivity index (χ2n) is 10.1. The second kappa shape index (κ2) is 13.9. The highest BCUT2D eigenvalue weighted by Crippen LogP contribution is 2.35. The third-order valence-electron chi connectivity index (χ3n) is 7.17. The van der Waals surface area contributed by atoms with E-state index in [2.05, 4.69) is 56.9 Å². The van der Waals surface area contributed by atoms with Gasteiger partial charge in [0, 0.05) is 28.3 Å². The first-order chi connectivity index (χ1) is 20.7. The number of aliphatic hydroxyl groups is 1. The minimum atomic E-state index is -1.10. The number of aromatic nitrogens is 1. The Bertz CT molecular complexity index is 1530. The third-order valence-corrected chi connectivity index (χ3v) is 7.17. The van der Waals surface area contributed by atoms with Gasteiger partial charge in [0.2, 0.25) is 0 Å². The number of benzene rings is 2. The maximum absolute atomic E-state index is 12.4. The van der Waals surface area contributed by atoms with Gasteiger partial charge in [-0.05, 0) is 75.6 Å². The number of esters is 1. The van der Waals surface area contributed by atoms with Crippen LogP contribution < -0.4 is 25.5 Å². The molecule has 2 atom stereocenters. The fourth-order valence-corrected chi connectivity index (χ4v) is 5.01. The van der Waals surface area contributed by atoms with Crippen molar-refractivity contribution in [1.82, 2.24) is 20.6 Å². The molecule has 0 fully saturated rings. The van der Waals surface area contributed by atoms with Crippen molar-refractivity contribution >= 4 is 18.2 Å². The van der Waals surface area contributed by atoms with Gasteiger partial charge in [-0.1, -0.05) is 25.1 Å². The Kier molecular flexibility index (Phi) is 10.1. The highest BCUT2D eigenvalue weighted by molar-refractivity contribution is 5.95. The zero-order valence-corrected chi connectivity index (χ0v) is 25.4. The molecule has 11 nitrogen and oxygen atoms in total. The van der Waals surface area contributed by atoms with Gasteiger partial charge < -0.3 is 34.5 Å². The number of hydrogen-bond donors (Lipinski definition) is 4. The zero-order chi connectivity index (χ0) is 31.1. The van der Waals surface area contributed by atoms with Crippen molar-refractivity contribution in [2.24, 2.45) is 5.10 Å². The van der Waals surface area contributed by atoms with Crippen LogP contribution in [-0.2, 0) is 16.0 Å². The number of hydrogen-bond acceptors (Lipinski definition) is 8. The van der Waals surface area contributed by atoms with Gasteiger partial charge in [-0.25, -0.2) is 9.59 Å². The van der Waals surface area contributed by atoms with Gasteiger partial charge >= 0.3 is 12.0 Å². The van der Waals surface area contributed by atoms with Gasteiger partial charge in [-0.15, -0.1) is 0 Å². The fourth-order valence-electron chi connectivity index (χ4n) is 5.01. The van der Waals surface area contributed by atoms with E-state index in [1.807, 2.05) is 26.8 Å². The molecule has 43 heavy (non-hydrogen) atoms. The van der Waals surface area contributed by atoms with Gasteiger partial charge in [-0.2, -0.15) is 5.10 Å². The summed E-state index contributed by atoms with van der Waals surface area (Å²) < 4.78 is 18.7. The molecule has 1 aliphatic heterocycles. The Balaban J connectivity index is 1.42. The van der Waals surface area contributed by atoms with Crippen molar-refractivity contribution in [2.45, 2.75) is 53.3 Å². The molecule has 0 aliphatic carbocycles. The van der Waals surface area contributed by atoms with E-state index in [1.165, 1.54) is 12.7 Å². The van der Waals surface area contributed by atoms with E-state index >= 15 is 0 Å². The smallest absolute Gasteiger partial charge is 0.337 e. The van der Waals surface area contributed by atoms with Gasteiger partial charge in [0.25, 0.3) is 0 Å². The average Bonchev–Trinajstić information content (AvgIpc) is 3.28. The molecule has 0 saturated heterocycles. The van der Waals surface area contributed by atoms with Crippen molar-refractivity contribution in [2.75, 3.05) is 20.3 Å². The van der Waals surface area contributed by atoms with Crippen molar-refractivity contribution in [3.05, 3.63) is 87.9 Å². The van der Waals surface area contributed by atoms with E-state index in [1.54, 1.807) is 31.3 Å². The first-order valence-electron chi connectivity index (χ1n) is 14.2. The SMILES string of the molecule is CCOc1cc([C@@H]2NC(=O)NC(C)=C2C(=O)OC)ccc1OC[C@H](O)N/N=C\c1cc(C)n(-c2ccc(CC)cc2)c1C. The van der Waals surface area contributed by atoms with E-state index < -0.39 is 24.3 Å². The molecule has 0 bridgehead atoms. The van der Waals surface area contributed by atoms with E-state index in [0.29, 0.717) is 29.4 Å². The summed E-state index contributed by atoms with van der Waals surface area (Å²) in [4.78, 5) is 24.6. The molecule has 0 unspecified atom stereocenters. The van der Waals surface area contributed by atoms with Crippen LogP contribution in [0.15, 0.2) is 64.9 Å². The third kappa shape index (κ3) is 7.18. The summed E-state index contributed by atoms with van der Waals surface area (Å²) in [5, 5.41) is 20.1. The summed E-state index contributed by atoms with van der Waals surface area (Å²) >= 11 is 0. The number of ether oxygens (including phenoxy) is 3. The molecule has 2 aromatic carbocycles. The normalized spacial score (nSPS) is 15.6. The molecule has 2 amide bonds. The molecule has 228 valence electrons. The Hall–Kier alpha value is -4.77. The molecule has 1 aromatic heterocycles. The van der Waals surface area contributed by atoms with Gasteiger partial charge in [0.1, 0.15) is 6.61 Å². The summed E-state index contributed by atoms with van der Waals surface area (Å²) in [5.74, 6) is 0.217. The number of amides is 2. The number of carbonyl (C=O) groups is 2. The predicted molar refractivity (Wildman–Crippen MR) is 164 cm³/mol. The lowest BCUT2D eigenvalue weighted by Crippen LogP contribution is -2.45. The maximum atomic E-state index is 12.4. The lowest BCUT2D eigenvalue weighted by Gasteiger charge is -2.28. The van der Waals surface area contributed by atoms with E-state index in [9.17, 15) is 14.7 Å². The van der Waals surface area contributed by atoms with Crippen molar-refractivity contribution in [3.8, 4) is 17.2 Å². The number of nitrogens with zero attached hydrogens (tertiary/aromatic N) is 2. The van der Waals surface area contributed by atoms with Crippen LogP contribution in [0.5, 0.6) is 11.5 Å². The van der Waals surface area contributed by atoms with Crippen LogP contribution in [-0.4, -0.2) is 54.4 Å². The highest BCUT2D eigenvalue weighted by atomic mass is 16.5. The molecule has 4 N–H and O–H groups in total. The summed E-state index contributed by atoms with van der Waals surface area (Å²) in [5.41, 5.74) is 9.39. The quantitative estimate of drug-likeness (QED) is 0.108. The van der Waals surface area contributed by atoms with Crippen LogP contribution in [0.3, 0.4) is 0 Å². The Morgan fingerprint density at radius 1 is 1.09 bits per heavy atom. The lowest BCUT2D eigenvalue weighted by molar-refractivity contribution is -0.136. The van der Waals surface area contributed by atoms with E-state index in [4.69, 9.17) is 14.2 Å². The minimum Gasteiger partial charge on any atom is -0.490 e. The van der Waals surface area contributed by atoms with Gasteiger partial charge in [0.15, 0.2) is 17.7 Å². The molecule has 0 spiro atoms. The van der Waals surface area contributed by atoms with Crippen LogP contribution in [0.1, 0.15) is 54.9 Å². The number of rotatable bonds is 12. The number of aliphatic hydroxyl groups excluding tert-OH is 1. The van der Waals surface area contributed by atoms with E-state index in [-0.39, 0.29) is 12.2 Å². The molecule has 0 radical (unpaired) electrons. The Labute approximate surface area is 251 Å². The van der Waals surface area contributed by atoms with Crippen molar-refractivity contribution in [1.29, 1.82) is 0 Å². The highest BCUT2D eigenvalue weighted by Gasteiger charge is 2.32. The lowest BCUT2D eigenvalue weighted by atomic mass is 9.95. The van der Waals surface area contributed by atoms with Crippen molar-refractivity contribution < 1.29 is 28.9 Å². The molecular formula is C32H39N5O6. The van der Waals surface area contributed by atoms with Gasteiger partial charge in [-0.3, -0.25) is 5.43 Å². The molecule has 3 aromatic rings. The summed E-state index contributed by atoms with van der Waals surface area (Å²) in [6.45, 7) is 9.91. The van der Waals surface area contributed by atoms with Crippen LogP contribution in [0, 0.1) is 13.8 Å². The Morgan fingerprint density at radius 2 is 1.84 bits per heavy atom. The molecular weight excluding hydrogens is 550 g/mol. The number of aryl methyl sites for hydroxylation is 2. The van der Waals surface area contributed by atoms with Crippen LogP contribution >= 0.6 is 0 Å². The topological polar surface area (TPSA) is 135 Å². The second-order valence-corrected chi connectivity index (χ2v) is 10.1. The Morgan fingerprint density at radius 3 is 2.51 bits per heavy atom. The van der Waals surface area contributed by atoms with Crippen molar-refractivity contribution in [3.63, 3.8) is 0 Å². The fraction of sp³-hybridized carbons (Fsp3) is 0.344.